The van der Waals surface area contributed by atoms with Crippen LogP contribution in [0.5, 0.6) is 0 Å². The Morgan fingerprint density at radius 3 is 2.38 bits per heavy atom. The minimum atomic E-state index is -0.902. The molecule has 0 spiro atoms. The van der Waals surface area contributed by atoms with Crippen molar-refractivity contribution < 1.29 is 9.18 Å². The van der Waals surface area contributed by atoms with E-state index in [-0.39, 0.29) is 5.82 Å². The third kappa shape index (κ3) is 3.46. The fourth-order valence-corrected chi connectivity index (χ4v) is 2.13. The molecule has 2 atom stereocenters. The average molecular weight is 282 g/mol. The van der Waals surface area contributed by atoms with Crippen molar-refractivity contribution >= 4 is 5.91 Å². The Morgan fingerprint density at radius 2 is 1.76 bits per heavy atom. The topological polar surface area (TPSA) is 52.9 Å². The summed E-state index contributed by atoms with van der Waals surface area (Å²) in [5, 5.41) is 11.9. The van der Waals surface area contributed by atoms with Crippen LogP contribution in [0.3, 0.4) is 0 Å². The Kier molecular flexibility index (Phi) is 4.68. The molecule has 2 aromatic rings. The van der Waals surface area contributed by atoms with Gasteiger partial charge in [-0.1, -0.05) is 48.5 Å². The number of hydrogen-bond donors (Lipinski definition) is 1. The van der Waals surface area contributed by atoms with E-state index in [0.717, 1.165) is 0 Å². The Bertz CT molecular complexity index is 664. The molecule has 2 unspecified atom stereocenters. The van der Waals surface area contributed by atoms with Gasteiger partial charge >= 0.3 is 0 Å². The fourth-order valence-electron chi connectivity index (χ4n) is 2.13. The predicted octanol–water partition coefficient (Wildman–Crippen LogP) is 3.31. The van der Waals surface area contributed by atoms with E-state index in [1.165, 1.54) is 6.07 Å². The molecule has 2 rings (SSSR count). The van der Waals surface area contributed by atoms with E-state index in [1.807, 2.05) is 12.1 Å². The number of amides is 1. The predicted molar refractivity (Wildman–Crippen MR) is 77.8 cm³/mol. The quantitative estimate of drug-likeness (QED) is 0.935. The molecule has 0 bridgehead atoms. The van der Waals surface area contributed by atoms with E-state index < -0.39 is 17.9 Å². The molecule has 0 aromatic heterocycles. The molecule has 1 N–H and O–H groups in total. The minimum Gasteiger partial charge on any atom is -0.348 e. The van der Waals surface area contributed by atoms with Gasteiger partial charge < -0.3 is 5.32 Å². The van der Waals surface area contributed by atoms with Crippen LogP contribution in [0.2, 0.25) is 0 Å². The number of benzene rings is 2. The summed E-state index contributed by atoms with van der Waals surface area (Å²) < 4.78 is 13.7. The van der Waals surface area contributed by atoms with Gasteiger partial charge in [0, 0.05) is 5.56 Å². The molecule has 2 aromatic carbocycles. The van der Waals surface area contributed by atoms with Crippen molar-refractivity contribution in [3.05, 3.63) is 71.5 Å². The van der Waals surface area contributed by atoms with Gasteiger partial charge in [0.05, 0.1) is 12.1 Å². The lowest BCUT2D eigenvalue weighted by Crippen LogP contribution is -2.31. The van der Waals surface area contributed by atoms with Crippen molar-refractivity contribution in [2.75, 3.05) is 0 Å². The zero-order chi connectivity index (χ0) is 15.2. The van der Waals surface area contributed by atoms with Crippen LogP contribution in [-0.2, 0) is 4.79 Å². The van der Waals surface area contributed by atoms with E-state index in [0.29, 0.717) is 11.1 Å². The third-order valence-electron chi connectivity index (χ3n) is 3.25. The number of hydrogen-bond acceptors (Lipinski definition) is 2. The Labute approximate surface area is 123 Å². The number of halogens is 1. The first kappa shape index (κ1) is 14.7. The lowest BCUT2D eigenvalue weighted by atomic mass is 9.99. The van der Waals surface area contributed by atoms with E-state index in [4.69, 9.17) is 0 Å². The molecule has 0 saturated carbocycles. The van der Waals surface area contributed by atoms with E-state index in [9.17, 15) is 14.4 Å². The lowest BCUT2D eigenvalue weighted by molar-refractivity contribution is -0.122. The molecule has 0 fully saturated rings. The molecule has 0 saturated heterocycles. The van der Waals surface area contributed by atoms with Crippen LogP contribution >= 0.6 is 0 Å². The van der Waals surface area contributed by atoms with Crippen molar-refractivity contribution in [2.24, 2.45) is 0 Å². The van der Waals surface area contributed by atoms with E-state index >= 15 is 0 Å². The molecular weight excluding hydrogens is 267 g/mol. The highest BCUT2D eigenvalue weighted by Crippen LogP contribution is 2.19. The van der Waals surface area contributed by atoms with Crippen molar-refractivity contribution in [3.8, 4) is 6.07 Å². The van der Waals surface area contributed by atoms with Gasteiger partial charge in [-0.3, -0.25) is 4.79 Å². The van der Waals surface area contributed by atoms with Crippen LogP contribution in [0.25, 0.3) is 0 Å². The Morgan fingerprint density at radius 1 is 1.14 bits per heavy atom. The van der Waals surface area contributed by atoms with E-state index in [2.05, 4.69) is 5.32 Å². The second kappa shape index (κ2) is 6.67. The molecule has 0 aliphatic heterocycles. The van der Waals surface area contributed by atoms with Crippen LogP contribution in [0, 0.1) is 17.1 Å². The van der Waals surface area contributed by atoms with Gasteiger partial charge in [0.2, 0.25) is 5.91 Å². The van der Waals surface area contributed by atoms with Crippen molar-refractivity contribution in [3.63, 3.8) is 0 Å². The maximum absolute atomic E-state index is 13.7. The summed E-state index contributed by atoms with van der Waals surface area (Å²) in [7, 11) is 0. The molecule has 0 radical (unpaired) electrons. The minimum absolute atomic E-state index is 0.376. The molecule has 3 nitrogen and oxygen atoms in total. The number of carbonyl (C=O) groups excluding carboxylic acids is 1. The van der Waals surface area contributed by atoms with Crippen molar-refractivity contribution in [1.82, 2.24) is 5.32 Å². The standard InChI is InChI=1S/C17H15FN2O/c1-12(14-9-5-6-10-16(14)18)20-17(21)15(11-19)13-7-3-2-4-8-13/h2-10,12,15H,1H3,(H,20,21). The van der Waals surface area contributed by atoms with Crippen LogP contribution in [0.1, 0.15) is 30.0 Å². The summed E-state index contributed by atoms with van der Waals surface area (Å²) >= 11 is 0. The van der Waals surface area contributed by atoms with Crippen LogP contribution in [0.15, 0.2) is 54.6 Å². The average Bonchev–Trinajstić information content (AvgIpc) is 2.49. The number of rotatable bonds is 4. The van der Waals surface area contributed by atoms with Gasteiger partial charge in [-0.15, -0.1) is 0 Å². The molecule has 1 amide bonds. The Balaban J connectivity index is 2.14. The SMILES string of the molecule is CC(NC(=O)C(C#N)c1ccccc1)c1ccccc1F. The number of nitrogens with one attached hydrogen (secondary N) is 1. The van der Waals surface area contributed by atoms with Gasteiger partial charge in [-0.05, 0) is 18.6 Å². The molecule has 4 heteroatoms. The van der Waals surface area contributed by atoms with Gasteiger partial charge in [0.15, 0.2) is 0 Å². The van der Waals surface area contributed by atoms with Gasteiger partial charge in [-0.2, -0.15) is 5.26 Å². The second-order valence-electron chi connectivity index (χ2n) is 4.72. The van der Waals surface area contributed by atoms with Crippen molar-refractivity contribution in [1.29, 1.82) is 5.26 Å². The summed E-state index contributed by atoms with van der Waals surface area (Å²) in [5.74, 6) is -1.71. The zero-order valence-electron chi connectivity index (χ0n) is 11.6. The van der Waals surface area contributed by atoms with Crippen molar-refractivity contribution in [2.45, 2.75) is 18.9 Å². The lowest BCUT2D eigenvalue weighted by Gasteiger charge is -2.17. The van der Waals surface area contributed by atoms with Gasteiger partial charge in [0.25, 0.3) is 0 Å². The first-order valence-electron chi connectivity index (χ1n) is 6.63. The summed E-state index contributed by atoms with van der Waals surface area (Å²) in [5.41, 5.74) is 1.02. The molecule has 0 aliphatic rings. The molecular formula is C17H15FN2O. The highest BCUT2D eigenvalue weighted by molar-refractivity contribution is 5.86. The molecule has 106 valence electrons. The maximum atomic E-state index is 13.7. The van der Waals surface area contributed by atoms with E-state index in [1.54, 1.807) is 49.4 Å². The molecule has 0 aliphatic carbocycles. The number of nitrogens with zero attached hydrogens (tertiary/aromatic N) is 1. The fraction of sp³-hybridized carbons (Fsp3) is 0.176. The summed E-state index contributed by atoms with van der Waals surface area (Å²) in [6, 6.07) is 16.5. The number of nitriles is 1. The normalized spacial score (nSPS) is 13.0. The van der Waals surface area contributed by atoms with Gasteiger partial charge in [0.1, 0.15) is 11.7 Å². The van der Waals surface area contributed by atoms with Crippen LogP contribution in [-0.4, -0.2) is 5.91 Å². The Hall–Kier alpha value is -2.67. The first-order chi connectivity index (χ1) is 10.1. The first-order valence-corrected chi connectivity index (χ1v) is 6.63. The second-order valence-corrected chi connectivity index (χ2v) is 4.72. The zero-order valence-corrected chi connectivity index (χ0v) is 11.6. The third-order valence-corrected chi connectivity index (χ3v) is 3.25. The number of carbonyl (C=O) groups is 1. The highest BCUT2D eigenvalue weighted by atomic mass is 19.1. The van der Waals surface area contributed by atoms with Crippen LogP contribution in [0.4, 0.5) is 4.39 Å². The summed E-state index contributed by atoms with van der Waals surface area (Å²) in [6.07, 6.45) is 0. The summed E-state index contributed by atoms with van der Waals surface area (Å²) in [4.78, 5) is 12.2. The molecule has 21 heavy (non-hydrogen) atoms. The highest BCUT2D eigenvalue weighted by Gasteiger charge is 2.22. The summed E-state index contributed by atoms with van der Waals surface area (Å²) in [6.45, 7) is 1.69. The van der Waals surface area contributed by atoms with Gasteiger partial charge in [-0.25, -0.2) is 4.39 Å². The largest absolute Gasteiger partial charge is 0.348 e. The molecule has 0 heterocycles. The maximum Gasteiger partial charge on any atom is 0.242 e. The van der Waals surface area contributed by atoms with Crippen LogP contribution < -0.4 is 5.32 Å². The monoisotopic (exact) mass is 282 g/mol. The smallest absolute Gasteiger partial charge is 0.242 e.